The molecule has 18 nitrogen and oxygen atoms in total. The topological polar surface area (TPSA) is 184 Å². The van der Waals surface area contributed by atoms with E-state index in [1.54, 1.807) is 135 Å². The number of ether oxygens (including phenoxy) is 2. The molecule has 0 radical (unpaired) electrons. The highest BCUT2D eigenvalue weighted by Crippen LogP contribution is 2.35. The molecule has 9 aromatic rings. The van der Waals surface area contributed by atoms with E-state index in [2.05, 4.69) is 50.0 Å². The fraction of sp³-hybridized carbons (Fsp3) is 0.237. The third-order valence-corrected chi connectivity index (χ3v) is 20.0. The number of morpholine rings is 2. The third-order valence-electron chi connectivity index (χ3n) is 20.0. The molecule has 9 aromatic carbocycles. The lowest BCUT2D eigenvalue weighted by Gasteiger charge is -2.45. The summed E-state index contributed by atoms with van der Waals surface area (Å²) in [5.41, 5.74) is 3.33. The highest BCUT2D eigenvalue weighted by atomic mass is 19.2. The quantitative estimate of drug-likeness (QED) is 0.0597. The zero-order valence-corrected chi connectivity index (χ0v) is 65.5. The van der Waals surface area contributed by atoms with E-state index in [4.69, 9.17) is 58.1 Å². The van der Waals surface area contributed by atoms with Crippen LogP contribution < -0.4 is 57.7 Å². The fourth-order valence-corrected chi connectivity index (χ4v) is 14.5. The molecule has 0 saturated carbocycles. The van der Waals surface area contributed by atoms with E-state index in [0.717, 1.165) is 62.3 Å². The predicted octanol–water partition coefficient (Wildman–Crippen LogP) is 13.7. The normalized spacial score (nSPS) is 16.0. The molecule has 604 valence electrons. The second-order valence-corrected chi connectivity index (χ2v) is 28.4. The third kappa shape index (κ3) is 22.5. The Bertz CT molecular complexity index is 5890. The molecule has 4 aliphatic heterocycles. The number of anilines is 3. The van der Waals surface area contributed by atoms with Crippen molar-refractivity contribution in [3.63, 3.8) is 0 Å². The number of likely N-dealkylation sites (tertiary alicyclic amines) is 2. The second-order valence-electron chi connectivity index (χ2n) is 28.4. The first-order valence-electron chi connectivity index (χ1n) is 37.9. The number of benzene rings is 9. The summed E-state index contributed by atoms with van der Waals surface area (Å²) in [5, 5.41) is 47.3. The molecule has 0 amide bonds. The van der Waals surface area contributed by atoms with Gasteiger partial charge in [0.05, 0.1) is 85.4 Å². The highest BCUT2D eigenvalue weighted by Gasteiger charge is 2.35. The molecular formula is C93H77F9N16O2. The van der Waals surface area contributed by atoms with Crippen LogP contribution in [0, 0.1) is 131 Å². The summed E-state index contributed by atoms with van der Waals surface area (Å²) in [6, 6.07) is 59.3. The largest absolute Gasteiger partial charge is 0.372 e. The van der Waals surface area contributed by atoms with Crippen molar-refractivity contribution < 1.29 is 49.0 Å². The van der Waals surface area contributed by atoms with E-state index in [0.29, 0.717) is 55.6 Å². The van der Waals surface area contributed by atoms with Crippen LogP contribution >= 0.6 is 0 Å². The maximum atomic E-state index is 15.3. The van der Waals surface area contributed by atoms with Gasteiger partial charge in [0.2, 0.25) is 5.82 Å². The Morgan fingerprint density at radius 3 is 0.900 bits per heavy atom. The van der Waals surface area contributed by atoms with Crippen molar-refractivity contribution in [3.05, 3.63) is 356 Å². The molecule has 4 fully saturated rings. The lowest BCUT2D eigenvalue weighted by molar-refractivity contribution is -0.0744. The molecule has 3 N–H and O–H groups in total. The van der Waals surface area contributed by atoms with E-state index >= 15 is 8.78 Å². The Morgan fingerprint density at radius 1 is 0.325 bits per heavy atom. The average Bonchev–Trinajstić information content (AvgIpc) is 0.750. The van der Waals surface area contributed by atoms with Gasteiger partial charge >= 0.3 is 0 Å². The van der Waals surface area contributed by atoms with Crippen LogP contribution in [-0.2, 0) is 9.47 Å². The number of hydrogen-bond acceptors (Lipinski definition) is 13. The van der Waals surface area contributed by atoms with Gasteiger partial charge in [0.15, 0.2) is 23.3 Å². The van der Waals surface area contributed by atoms with E-state index in [9.17, 15) is 36.0 Å². The van der Waals surface area contributed by atoms with Crippen molar-refractivity contribution in [1.29, 1.82) is 21.0 Å². The Labute approximate surface area is 688 Å². The van der Waals surface area contributed by atoms with Gasteiger partial charge in [0.25, 0.3) is 22.8 Å². The zero-order valence-electron chi connectivity index (χ0n) is 65.5. The monoisotopic (exact) mass is 1620 g/mol. The summed E-state index contributed by atoms with van der Waals surface area (Å²) >= 11 is 0. The van der Waals surface area contributed by atoms with Gasteiger partial charge in [-0.05, 0) is 194 Å². The van der Waals surface area contributed by atoms with Crippen LogP contribution in [0.4, 0.5) is 56.6 Å². The van der Waals surface area contributed by atoms with Crippen LogP contribution in [0.1, 0.15) is 76.3 Å². The molecule has 4 atom stereocenters. The van der Waals surface area contributed by atoms with Crippen LogP contribution in [0.3, 0.4) is 0 Å². The van der Waals surface area contributed by atoms with E-state index in [1.807, 2.05) is 66.7 Å². The number of nitrogens with zero attached hydrogens (tertiary/aromatic N) is 13. The van der Waals surface area contributed by atoms with E-state index < -0.39 is 39.4 Å². The maximum Gasteiger partial charge on any atom is 0.275 e. The predicted molar refractivity (Wildman–Crippen MR) is 438 cm³/mol. The first kappa shape index (κ1) is 87.6. The fourth-order valence-electron chi connectivity index (χ4n) is 14.5. The van der Waals surface area contributed by atoms with E-state index in [1.165, 1.54) is 71.5 Å². The van der Waals surface area contributed by atoms with Crippen molar-refractivity contribution in [2.45, 2.75) is 89.6 Å². The smallest absolute Gasteiger partial charge is 0.275 e. The van der Waals surface area contributed by atoms with E-state index in [-0.39, 0.29) is 108 Å². The molecule has 0 spiro atoms. The Kier molecular flexibility index (Phi) is 30.4. The van der Waals surface area contributed by atoms with Crippen LogP contribution in [0.5, 0.6) is 0 Å². The van der Waals surface area contributed by atoms with Gasteiger partial charge in [0, 0.05) is 74.2 Å². The van der Waals surface area contributed by atoms with Gasteiger partial charge in [-0.3, -0.25) is 0 Å². The summed E-state index contributed by atoms with van der Waals surface area (Å²) in [5.74, 6) is -5.44. The van der Waals surface area contributed by atoms with Crippen LogP contribution in [0.25, 0.3) is 70.3 Å². The average molecular weight is 1620 g/mol. The lowest BCUT2D eigenvalue weighted by Crippen LogP contribution is -2.54. The Balaban J connectivity index is 0.000000171. The zero-order chi connectivity index (χ0) is 86.1. The van der Waals surface area contributed by atoms with Gasteiger partial charge in [0.1, 0.15) is 52.2 Å². The number of rotatable bonds is 12. The number of halogens is 9. The molecule has 4 aliphatic rings. The standard InChI is InChI=1S/C32H30F2N4.C22H24F4N4O2.C22H14F2N4.C17H9FN4/c1-36-31(22-35)27-2-4-28(5-3-27)32(37-18-14-25(15-19-37)23-6-10-29(33)11-7-23)38-20-16-26(17-21-38)24-8-12-30(34)13-9-24;1-11-7-29(8-12(2)31-11)22(30-9-13(3)32-14(4)10-30)17-20(25)18(23)16(15(6-27)28-5)19(24)21(17)26;1-26-21(14-25)15-2-4-16(5-3-15)22(27-19-10-6-17(23)7-11-19)28-20-12-8-18(24)9-13-20;1-20-16(11-19)12-3-5-13(6-4-12)17(21-2)22-15-9-7-14(18)8-10-15/h2-13,25-26H,14-21H2;11-14H,7-10H2,1-4H3;2-13,27-28H;3-10,22H. The number of nitrogens with one attached hydrogen (secondary N) is 3. The molecule has 0 bridgehead atoms. The minimum atomic E-state index is -1.77. The Morgan fingerprint density at radius 2 is 0.600 bits per heavy atom. The second kappa shape index (κ2) is 41.7. The van der Waals surface area contributed by atoms with Gasteiger partial charge in [-0.15, -0.1) is 0 Å². The van der Waals surface area contributed by atoms with Crippen LogP contribution in [-0.4, -0.2) is 96.4 Å². The number of piperidine rings is 2. The summed E-state index contributed by atoms with van der Waals surface area (Å²) in [4.78, 5) is 24.0. The molecule has 13 rings (SSSR count). The summed E-state index contributed by atoms with van der Waals surface area (Å²) in [6.07, 6.45) is 2.81. The van der Waals surface area contributed by atoms with Crippen molar-refractivity contribution in [2.24, 2.45) is 0 Å². The first-order valence-corrected chi connectivity index (χ1v) is 37.9. The highest BCUT2D eigenvalue weighted by molar-refractivity contribution is 5.75. The molecule has 4 unspecified atom stereocenters. The summed E-state index contributed by atoms with van der Waals surface area (Å²) in [7, 11) is 0. The number of hydrogen-bond donors (Lipinski definition) is 3. The summed E-state index contributed by atoms with van der Waals surface area (Å²) in [6.45, 7) is 47.2. The van der Waals surface area contributed by atoms with Crippen molar-refractivity contribution in [3.8, 4) is 24.3 Å². The minimum absolute atomic E-state index is 0.00223. The molecule has 27 heteroatoms. The SMILES string of the molecule is [C-]#[N+]C(C#N)=c1c(F)c(F)c(=C(N2CC(C)OC(C)C2)N2CC(C)OC(C)C2)c(F)c1F.[C-]#[N+]C(C#N)=c1ccc(=C(N2CCC(c3ccc(F)cc3)CC2)N2CCC(c3ccc(F)cc3)CC2)cc1.[C-]#[N+]C(C#N)=c1ccc(=C(Nc2ccc(F)cc2)Nc2ccc(F)cc2)cc1.[C-]#[N+]C(C#N)=c1ccc(=C([N+]#[C-])Nc2ccc(F)cc2)cc1. The number of nitriles is 4. The minimum Gasteiger partial charge on any atom is -0.372 e. The Hall–Kier alpha value is -14.8. The molecule has 120 heavy (non-hydrogen) atoms. The maximum absolute atomic E-state index is 15.3. The molecule has 0 aromatic heterocycles. The van der Waals surface area contributed by atoms with Crippen LogP contribution in [0.15, 0.2) is 194 Å². The van der Waals surface area contributed by atoms with Crippen molar-refractivity contribution in [2.75, 3.05) is 68.3 Å². The lowest BCUT2D eigenvalue weighted by atomic mass is 9.88. The summed E-state index contributed by atoms with van der Waals surface area (Å²) < 4.78 is 138. The van der Waals surface area contributed by atoms with Crippen LogP contribution in [0.2, 0.25) is 0 Å². The van der Waals surface area contributed by atoms with Gasteiger partial charge in [-0.2, -0.15) is 0 Å². The van der Waals surface area contributed by atoms with Gasteiger partial charge in [-0.1, -0.05) is 104 Å². The molecule has 4 heterocycles. The van der Waals surface area contributed by atoms with Gasteiger partial charge < -0.3 is 49.9 Å². The molecule has 4 saturated heterocycles. The molecule has 0 aliphatic carbocycles. The molecular weight excluding hydrogens is 1540 g/mol. The van der Waals surface area contributed by atoms with Crippen molar-refractivity contribution in [1.82, 2.24) is 19.6 Å². The first-order chi connectivity index (χ1) is 57.9. The van der Waals surface area contributed by atoms with Gasteiger partial charge in [-0.25, -0.2) is 79.9 Å². The van der Waals surface area contributed by atoms with Crippen molar-refractivity contribution >= 4 is 63.1 Å².